The summed E-state index contributed by atoms with van der Waals surface area (Å²) in [7, 11) is 1.98. The predicted octanol–water partition coefficient (Wildman–Crippen LogP) is 1.57. The highest BCUT2D eigenvalue weighted by Crippen LogP contribution is 2.17. The lowest BCUT2D eigenvalue weighted by atomic mass is 10.3. The van der Waals surface area contributed by atoms with Crippen LogP contribution in [0.15, 0.2) is 34.9 Å². The Kier molecular flexibility index (Phi) is 3.66. The Balaban J connectivity index is 1.68. The van der Waals surface area contributed by atoms with E-state index in [1.54, 1.807) is 5.51 Å². The number of anilines is 1. The van der Waals surface area contributed by atoms with Gasteiger partial charge in [0.1, 0.15) is 5.51 Å². The fraction of sp³-hybridized carbons (Fsp3) is 0.167. The molecule has 0 fully saturated rings. The van der Waals surface area contributed by atoms with Gasteiger partial charge in [0.2, 0.25) is 11.0 Å². The van der Waals surface area contributed by atoms with Crippen molar-refractivity contribution in [3.8, 4) is 0 Å². The highest BCUT2D eigenvalue weighted by atomic mass is 32.2. The van der Waals surface area contributed by atoms with Crippen molar-refractivity contribution in [1.82, 2.24) is 15.2 Å². The molecule has 0 aliphatic heterocycles. The molecular formula is C12H12N5OS2+. The summed E-state index contributed by atoms with van der Waals surface area (Å²) in [5.74, 6) is 0.227. The molecule has 0 unspecified atom stereocenters. The summed E-state index contributed by atoms with van der Waals surface area (Å²) in [6, 6.07) is 8.03. The first kappa shape index (κ1) is 13.1. The molecule has 0 spiro atoms. The second-order valence-corrected chi connectivity index (χ2v) is 5.88. The first-order valence-corrected chi connectivity index (χ1v) is 7.76. The number of benzene rings is 1. The van der Waals surface area contributed by atoms with Crippen LogP contribution in [0.5, 0.6) is 0 Å². The van der Waals surface area contributed by atoms with Gasteiger partial charge in [-0.25, -0.2) is 9.55 Å². The maximum atomic E-state index is 11.8. The summed E-state index contributed by atoms with van der Waals surface area (Å²) in [5, 5.41) is 11.6. The SMILES string of the molecule is C[n+]1c(SCC(=O)Nc2nncs2)[nH]c2ccccc21. The van der Waals surface area contributed by atoms with Gasteiger partial charge in [-0.3, -0.25) is 10.1 Å². The van der Waals surface area contributed by atoms with Gasteiger partial charge in [0.15, 0.2) is 11.0 Å². The number of aromatic amines is 1. The maximum Gasteiger partial charge on any atom is 0.317 e. The zero-order valence-electron chi connectivity index (χ0n) is 10.7. The number of aryl methyl sites for hydroxylation is 1. The van der Waals surface area contributed by atoms with Crippen LogP contribution < -0.4 is 9.88 Å². The molecule has 8 heteroatoms. The fourth-order valence-electron chi connectivity index (χ4n) is 1.83. The molecule has 0 radical (unpaired) electrons. The van der Waals surface area contributed by atoms with E-state index in [1.807, 2.05) is 35.9 Å². The fourth-order valence-corrected chi connectivity index (χ4v) is 3.11. The molecule has 2 aromatic heterocycles. The smallest absolute Gasteiger partial charge is 0.300 e. The molecule has 0 aliphatic rings. The molecule has 1 amide bonds. The number of carbonyl (C=O) groups is 1. The molecule has 3 aromatic rings. The number of aromatic nitrogens is 4. The summed E-state index contributed by atoms with van der Waals surface area (Å²) in [6.45, 7) is 0. The maximum absolute atomic E-state index is 11.8. The normalized spacial score (nSPS) is 10.8. The molecular weight excluding hydrogens is 294 g/mol. The molecule has 0 saturated carbocycles. The van der Waals surface area contributed by atoms with Crippen LogP contribution in [-0.4, -0.2) is 26.8 Å². The molecule has 0 atom stereocenters. The van der Waals surface area contributed by atoms with Gasteiger partial charge in [0.05, 0.1) is 12.8 Å². The molecule has 3 rings (SSSR count). The van der Waals surface area contributed by atoms with Crippen LogP contribution in [0.25, 0.3) is 11.0 Å². The number of imidazole rings is 1. The van der Waals surface area contributed by atoms with Crippen LogP contribution >= 0.6 is 23.1 Å². The first-order chi connectivity index (χ1) is 9.74. The van der Waals surface area contributed by atoms with Crippen molar-refractivity contribution in [3.05, 3.63) is 29.8 Å². The van der Waals surface area contributed by atoms with Crippen LogP contribution in [0.2, 0.25) is 0 Å². The van der Waals surface area contributed by atoms with Crippen molar-refractivity contribution >= 4 is 45.2 Å². The monoisotopic (exact) mass is 306 g/mol. The van der Waals surface area contributed by atoms with Crippen LogP contribution in [0, 0.1) is 0 Å². The molecule has 0 bridgehead atoms. The largest absolute Gasteiger partial charge is 0.317 e. The van der Waals surface area contributed by atoms with Gasteiger partial charge in [-0.2, -0.15) is 0 Å². The summed E-state index contributed by atoms with van der Waals surface area (Å²) in [5.41, 5.74) is 3.75. The standard InChI is InChI=1S/C12H11N5OS2/c1-17-9-5-3-2-4-8(9)14-12(17)19-6-10(18)15-11-16-13-7-20-11/h2-5,7H,6H2,1H3,(H,15,16,18)/p+1. The molecule has 2 N–H and O–H groups in total. The molecule has 2 heterocycles. The molecule has 1 aromatic carbocycles. The Labute approximate surface area is 123 Å². The molecule has 6 nitrogen and oxygen atoms in total. The molecule has 0 saturated heterocycles. The number of nitrogens with zero attached hydrogens (tertiary/aromatic N) is 3. The van der Waals surface area contributed by atoms with Gasteiger partial charge >= 0.3 is 5.16 Å². The number of carbonyl (C=O) groups excluding carboxylic acids is 1. The van der Waals surface area contributed by atoms with E-state index in [0.717, 1.165) is 16.2 Å². The third-order valence-corrected chi connectivity index (χ3v) is 4.42. The van der Waals surface area contributed by atoms with E-state index in [4.69, 9.17) is 0 Å². The Hall–Kier alpha value is -1.93. The zero-order valence-corrected chi connectivity index (χ0v) is 12.3. The van der Waals surface area contributed by atoms with Crippen molar-refractivity contribution in [1.29, 1.82) is 0 Å². The minimum Gasteiger partial charge on any atom is -0.300 e. The third kappa shape index (κ3) is 2.66. The number of nitrogens with one attached hydrogen (secondary N) is 2. The number of hydrogen-bond donors (Lipinski definition) is 2. The lowest BCUT2D eigenvalue weighted by Crippen LogP contribution is -2.29. The minimum absolute atomic E-state index is 0.0922. The third-order valence-electron chi connectivity index (χ3n) is 2.76. The van der Waals surface area contributed by atoms with Gasteiger partial charge in [0, 0.05) is 0 Å². The number of H-pyrrole nitrogens is 1. The summed E-state index contributed by atoms with van der Waals surface area (Å²) in [6.07, 6.45) is 0. The minimum atomic E-state index is -0.0922. The van der Waals surface area contributed by atoms with Crippen LogP contribution in [0.4, 0.5) is 5.13 Å². The average Bonchev–Trinajstić information content (AvgIpc) is 3.06. The van der Waals surface area contributed by atoms with Gasteiger partial charge < -0.3 is 0 Å². The lowest BCUT2D eigenvalue weighted by Gasteiger charge is -1.98. The highest BCUT2D eigenvalue weighted by molar-refractivity contribution is 7.99. The Morgan fingerprint density at radius 3 is 3.10 bits per heavy atom. The molecule has 0 aliphatic carbocycles. The second-order valence-electron chi connectivity index (χ2n) is 4.09. The van der Waals surface area contributed by atoms with E-state index < -0.39 is 0 Å². The number of hydrogen-bond acceptors (Lipinski definition) is 5. The van der Waals surface area contributed by atoms with Crippen molar-refractivity contribution in [2.24, 2.45) is 7.05 Å². The summed E-state index contributed by atoms with van der Waals surface area (Å²) < 4.78 is 2.04. The highest BCUT2D eigenvalue weighted by Gasteiger charge is 2.17. The second kappa shape index (κ2) is 5.59. The number of rotatable bonds is 4. The molecule has 20 heavy (non-hydrogen) atoms. The van der Waals surface area contributed by atoms with E-state index in [9.17, 15) is 4.79 Å². The Bertz CT molecular complexity index is 737. The van der Waals surface area contributed by atoms with Gasteiger partial charge in [-0.05, 0) is 23.9 Å². The van der Waals surface area contributed by atoms with Crippen molar-refractivity contribution in [2.75, 3.05) is 11.1 Å². The van der Waals surface area contributed by atoms with Gasteiger partial charge in [-0.15, -0.1) is 10.2 Å². The average molecular weight is 306 g/mol. The predicted molar refractivity (Wildman–Crippen MR) is 78.7 cm³/mol. The van der Waals surface area contributed by atoms with E-state index >= 15 is 0 Å². The van der Waals surface area contributed by atoms with Crippen molar-refractivity contribution in [3.63, 3.8) is 0 Å². The Morgan fingerprint density at radius 2 is 2.35 bits per heavy atom. The van der Waals surface area contributed by atoms with E-state index in [0.29, 0.717) is 10.9 Å². The number of para-hydroxylation sites is 2. The Morgan fingerprint density at radius 1 is 1.50 bits per heavy atom. The quantitative estimate of drug-likeness (QED) is 0.567. The van der Waals surface area contributed by atoms with Crippen molar-refractivity contribution in [2.45, 2.75) is 5.16 Å². The van der Waals surface area contributed by atoms with Gasteiger partial charge in [-0.1, -0.05) is 23.5 Å². The topological polar surface area (TPSA) is 74.5 Å². The van der Waals surface area contributed by atoms with Gasteiger partial charge in [0.25, 0.3) is 0 Å². The van der Waals surface area contributed by atoms with E-state index in [-0.39, 0.29) is 5.91 Å². The van der Waals surface area contributed by atoms with E-state index in [1.165, 1.54) is 23.1 Å². The number of fused-ring (bicyclic) bond motifs is 1. The zero-order chi connectivity index (χ0) is 13.9. The summed E-state index contributed by atoms with van der Waals surface area (Å²) in [4.78, 5) is 15.1. The summed E-state index contributed by atoms with van der Waals surface area (Å²) >= 11 is 2.76. The van der Waals surface area contributed by atoms with Crippen LogP contribution in [-0.2, 0) is 11.8 Å². The molecule has 102 valence electrons. The number of amides is 1. The van der Waals surface area contributed by atoms with Crippen LogP contribution in [0.1, 0.15) is 0 Å². The lowest BCUT2D eigenvalue weighted by molar-refractivity contribution is -0.683. The first-order valence-electron chi connectivity index (χ1n) is 5.89. The van der Waals surface area contributed by atoms with E-state index in [2.05, 4.69) is 20.5 Å². The van der Waals surface area contributed by atoms with Crippen LogP contribution in [0.3, 0.4) is 0 Å². The van der Waals surface area contributed by atoms with Crippen molar-refractivity contribution < 1.29 is 9.36 Å². The number of thioether (sulfide) groups is 1.